The summed E-state index contributed by atoms with van der Waals surface area (Å²) in [5, 5.41) is 16.0. The van der Waals surface area contributed by atoms with E-state index >= 15 is 0 Å². The molecule has 1 aliphatic rings. The van der Waals surface area contributed by atoms with Gasteiger partial charge in [0, 0.05) is 19.2 Å². The lowest BCUT2D eigenvalue weighted by atomic mass is 10.0. The van der Waals surface area contributed by atoms with Crippen molar-refractivity contribution >= 4 is 34.5 Å². The summed E-state index contributed by atoms with van der Waals surface area (Å²) in [6.45, 7) is 3.72. The van der Waals surface area contributed by atoms with Gasteiger partial charge in [-0.05, 0) is 61.4 Å². The van der Waals surface area contributed by atoms with Crippen molar-refractivity contribution in [2.45, 2.75) is 70.3 Å². The first-order valence-corrected chi connectivity index (χ1v) is 15.4. The first-order valence-electron chi connectivity index (χ1n) is 14.5. The van der Waals surface area contributed by atoms with Gasteiger partial charge in [0.15, 0.2) is 5.50 Å². The number of carbonyl (C=O) groups is 3. The predicted molar refractivity (Wildman–Crippen MR) is 173 cm³/mol. The van der Waals surface area contributed by atoms with E-state index in [1.54, 1.807) is 28.9 Å². The summed E-state index contributed by atoms with van der Waals surface area (Å²) in [6, 6.07) is 17.1. The van der Waals surface area contributed by atoms with E-state index in [-0.39, 0.29) is 41.5 Å². The van der Waals surface area contributed by atoms with Crippen LogP contribution in [0.15, 0.2) is 83.4 Å². The van der Waals surface area contributed by atoms with Gasteiger partial charge in [0.05, 0.1) is 23.9 Å². The van der Waals surface area contributed by atoms with E-state index in [2.05, 4.69) is 21.1 Å². The van der Waals surface area contributed by atoms with Crippen LogP contribution in [-0.4, -0.2) is 40.3 Å². The highest BCUT2D eigenvalue weighted by atomic mass is 32.2. The fourth-order valence-electron chi connectivity index (χ4n) is 4.38. The quantitative estimate of drug-likeness (QED) is 0.153. The molecule has 1 heterocycles. The van der Waals surface area contributed by atoms with E-state index in [0.717, 1.165) is 41.0 Å². The van der Waals surface area contributed by atoms with Crippen LogP contribution < -0.4 is 27.4 Å². The van der Waals surface area contributed by atoms with E-state index in [0.29, 0.717) is 25.0 Å². The zero-order valence-corrected chi connectivity index (χ0v) is 26.0. The van der Waals surface area contributed by atoms with Gasteiger partial charge in [-0.1, -0.05) is 73.3 Å². The van der Waals surface area contributed by atoms with Gasteiger partial charge in [-0.15, -0.1) is 0 Å². The molecule has 0 aromatic heterocycles. The molecular formula is C32H43N7O3S. The van der Waals surface area contributed by atoms with E-state index in [1.807, 2.05) is 75.5 Å². The van der Waals surface area contributed by atoms with Gasteiger partial charge in [0.25, 0.3) is 0 Å². The number of allylic oxidation sites excluding steroid dienone is 3. The zero-order valence-electron chi connectivity index (χ0n) is 25.1. The summed E-state index contributed by atoms with van der Waals surface area (Å²) in [7, 11) is 1.86. The molecule has 2 atom stereocenters. The molecule has 2 unspecified atom stereocenters. The number of hydrogen-bond acceptors (Lipinski definition) is 8. The Morgan fingerprint density at radius 3 is 2.44 bits per heavy atom. The van der Waals surface area contributed by atoms with Crippen LogP contribution in [0.25, 0.3) is 0 Å². The number of amides is 3. The van der Waals surface area contributed by atoms with Crippen LogP contribution >= 0.6 is 11.8 Å². The molecule has 7 N–H and O–H groups in total. The number of hydrogen-bond donors (Lipinski definition) is 5. The van der Waals surface area contributed by atoms with Crippen molar-refractivity contribution in [3.05, 3.63) is 95.0 Å². The van der Waals surface area contributed by atoms with Gasteiger partial charge < -0.3 is 27.4 Å². The normalized spacial score (nSPS) is 15.9. The number of benzene rings is 2. The molecule has 0 radical (unpaired) electrons. The first kappa shape index (κ1) is 33.3. The Labute approximate surface area is 258 Å². The molecule has 10 nitrogen and oxygen atoms in total. The molecule has 0 aliphatic carbocycles. The summed E-state index contributed by atoms with van der Waals surface area (Å²) in [6.07, 6.45) is 7.47. The van der Waals surface area contributed by atoms with E-state index in [1.165, 1.54) is 0 Å². The third-order valence-corrected chi connectivity index (χ3v) is 7.93. The Balaban J connectivity index is 1.35. The highest BCUT2D eigenvalue weighted by molar-refractivity contribution is 8.14. The standard InChI is InChI=1S/C32H43N7O3S/c1-4-28(40)35-22(2)25-14-10-13-24(19-25)21-29(41)36-27(34)18-17-26(33)15-8-9-16-31-38-39(3)32(43-31)37-30(42)20-23-11-6-5-7-12-23/h5-7,10-14,17-19,22,32H,4,8-9,15-16,20-21,33-34H2,1-3H3,(H,35,40)(H,36,41)(H,37,42)/b26-17-,27-18+. The van der Waals surface area contributed by atoms with Crippen molar-refractivity contribution in [3.63, 3.8) is 0 Å². The number of carbonyl (C=O) groups excluding carboxylic acids is 3. The van der Waals surface area contributed by atoms with E-state index in [4.69, 9.17) is 11.5 Å². The second-order valence-corrected chi connectivity index (χ2v) is 11.6. The third kappa shape index (κ3) is 11.9. The maximum Gasteiger partial charge on any atom is 0.229 e. The van der Waals surface area contributed by atoms with E-state index < -0.39 is 0 Å². The summed E-state index contributed by atoms with van der Waals surface area (Å²) >= 11 is 1.56. The average molecular weight is 606 g/mol. The van der Waals surface area contributed by atoms with Gasteiger partial charge in [-0.2, -0.15) is 5.10 Å². The first-order chi connectivity index (χ1) is 20.6. The second-order valence-electron chi connectivity index (χ2n) is 10.5. The number of hydrazone groups is 1. The molecule has 2 aromatic carbocycles. The van der Waals surface area contributed by atoms with Crippen LogP contribution in [0.1, 0.15) is 68.7 Å². The van der Waals surface area contributed by atoms with Gasteiger partial charge in [-0.25, -0.2) is 0 Å². The molecule has 0 saturated carbocycles. The number of unbranched alkanes of at least 4 members (excludes halogenated alkanes) is 1. The topological polar surface area (TPSA) is 155 Å². The average Bonchev–Trinajstić information content (AvgIpc) is 3.32. The number of nitrogens with two attached hydrogens (primary N) is 2. The molecule has 230 valence electrons. The number of nitrogens with zero attached hydrogens (tertiary/aromatic N) is 2. The van der Waals surface area contributed by atoms with Gasteiger partial charge in [0.2, 0.25) is 17.7 Å². The van der Waals surface area contributed by atoms with E-state index in [9.17, 15) is 14.4 Å². The smallest absolute Gasteiger partial charge is 0.229 e. The minimum Gasteiger partial charge on any atom is -0.402 e. The Kier molecular flexibility index (Phi) is 13.2. The number of nitrogens with one attached hydrogen (secondary N) is 3. The van der Waals surface area contributed by atoms with Crippen molar-refractivity contribution in [1.29, 1.82) is 0 Å². The Hall–Kier alpha value is -4.25. The second kappa shape index (κ2) is 17.0. The summed E-state index contributed by atoms with van der Waals surface area (Å²) in [5.74, 6) is -0.0808. The monoisotopic (exact) mass is 605 g/mol. The Morgan fingerprint density at radius 2 is 1.70 bits per heavy atom. The Bertz CT molecular complexity index is 1340. The maximum atomic E-state index is 12.5. The molecule has 1 aliphatic heterocycles. The summed E-state index contributed by atoms with van der Waals surface area (Å²) in [5.41, 5.74) is 15.3. The van der Waals surface area contributed by atoms with Gasteiger partial charge in [0.1, 0.15) is 5.82 Å². The minimum absolute atomic E-state index is 0.0221. The fraction of sp³-hybridized carbons (Fsp3) is 0.375. The lowest BCUT2D eigenvalue weighted by molar-refractivity contribution is -0.122. The summed E-state index contributed by atoms with van der Waals surface area (Å²) in [4.78, 5) is 36.6. The number of thioether (sulfide) groups is 1. The van der Waals surface area contributed by atoms with Crippen LogP contribution in [0.3, 0.4) is 0 Å². The highest BCUT2D eigenvalue weighted by Crippen LogP contribution is 2.26. The lowest BCUT2D eigenvalue weighted by Crippen LogP contribution is -2.40. The van der Waals surface area contributed by atoms with Crippen LogP contribution in [0.4, 0.5) is 0 Å². The molecule has 2 aromatic rings. The molecule has 43 heavy (non-hydrogen) atoms. The van der Waals surface area contributed by atoms with Gasteiger partial charge in [-0.3, -0.25) is 19.4 Å². The predicted octanol–water partition coefficient (Wildman–Crippen LogP) is 3.77. The Morgan fingerprint density at radius 1 is 0.977 bits per heavy atom. The van der Waals surface area contributed by atoms with Crippen molar-refractivity contribution in [3.8, 4) is 0 Å². The van der Waals surface area contributed by atoms with Gasteiger partial charge >= 0.3 is 0 Å². The SMILES string of the molecule is CCC(=O)NC(C)c1cccc(CC(=O)N/C(N)=C/C=C(\N)CCCCC2=NN(C)C(NC(=O)Cc3ccccc3)S2)c1. The third-order valence-electron chi connectivity index (χ3n) is 6.73. The zero-order chi connectivity index (χ0) is 31.2. The van der Waals surface area contributed by atoms with Crippen molar-refractivity contribution in [2.24, 2.45) is 16.6 Å². The van der Waals surface area contributed by atoms with Crippen molar-refractivity contribution in [1.82, 2.24) is 21.0 Å². The van der Waals surface area contributed by atoms with Crippen LogP contribution in [0.5, 0.6) is 0 Å². The molecule has 0 fully saturated rings. The fourth-order valence-corrected chi connectivity index (χ4v) is 5.46. The lowest BCUT2D eigenvalue weighted by Gasteiger charge is -2.19. The van der Waals surface area contributed by atoms with Crippen LogP contribution in [0, 0.1) is 0 Å². The molecule has 3 rings (SSSR count). The molecular weight excluding hydrogens is 562 g/mol. The summed E-state index contributed by atoms with van der Waals surface area (Å²) < 4.78 is 0. The largest absolute Gasteiger partial charge is 0.402 e. The molecule has 3 amide bonds. The molecule has 11 heteroatoms. The molecule has 0 saturated heterocycles. The molecule has 0 spiro atoms. The van der Waals surface area contributed by atoms with Crippen LogP contribution in [0.2, 0.25) is 0 Å². The number of rotatable bonds is 15. The van der Waals surface area contributed by atoms with Crippen molar-refractivity contribution in [2.75, 3.05) is 7.05 Å². The highest BCUT2D eigenvalue weighted by Gasteiger charge is 2.25. The van der Waals surface area contributed by atoms with Crippen LogP contribution in [-0.2, 0) is 27.2 Å². The van der Waals surface area contributed by atoms with Crippen molar-refractivity contribution < 1.29 is 14.4 Å². The minimum atomic E-state index is -0.238. The maximum absolute atomic E-state index is 12.5. The molecule has 0 bridgehead atoms.